The molecule has 1 N–H and O–H groups in total. The standard InChI is InChI=1S/C10H20O2/c1-8(2)6-5-7-9(11)10(3,4)12/h8,12H,5-7H2,1-4H3. The average molecular weight is 172 g/mol. The number of rotatable bonds is 5. The molecule has 0 saturated heterocycles. The van der Waals surface area contributed by atoms with Gasteiger partial charge in [0.2, 0.25) is 0 Å². The summed E-state index contributed by atoms with van der Waals surface area (Å²) in [4.78, 5) is 11.2. The minimum Gasteiger partial charge on any atom is -0.383 e. The molecule has 0 bridgehead atoms. The Hall–Kier alpha value is -0.370. The van der Waals surface area contributed by atoms with E-state index in [-0.39, 0.29) is 5.78 Å². The van der Waals surface area contributed by atoms with Crippen molar-refractivity contribution >= 4 is 5.78 Å². The summed E-state index contributed by atoms with van der Waals surface area (Å²) in [6.07, 6.45) is 2.45. The molecule has 0 aromatic carbocycles. The van der Waals surface area contributed by atoms with Gasteiger partial charge in [0, 0.05) is 6.42 Å². The topological polar surface area (TPSA) is 37.3 Å². The fourth-order valence-corrected chi connectivity index (χ4v) is 0.977. The van der Waals surface area contributed by atoms with Crippen molar-refractivity contribution in [3.8, 4) is 0 Å². The van der Waals surface area contributed by atoms with Gasteiger partial charge in [-0.2, -0.15) is 0 Å². The molecule has 0 aliphatic heterocycles. The van der Waals surface area contributed by atoms with Crippen LogP contribution in [0.3, 0.4) is 0 Å². The van der Waals surface area contributed by atoms with E-state index in [1.807, 2.05) is 0 Å². The normalized spacial score (nSPS) is 12.2. The molecule has 0 unspecified atom stereocenters. The van der Waals surface area contributed by atoms with Crippen LogP contribution in [-0.2, 0) is 4.79 Å². The minimum atomic E-state index is -1.14. The van der Waals surface area contributed by atoms with Gasteiger partial charge in [0.25, 0.3) is 0 Å². The van der Waals surface area contributed by atoms with Crippen LogP contribution in [0.2, 0.25) is 0 Å². The molecule has 12 heavy (non-hydrogen) atoms. The van der Waals surface area contributed by atoms with Crippen LogP contribution >= 0.6 is 0 Å². The van der Waals surface area contributed by atoms with Gasteiger partial charge in [0.15, 0.2) is 5.78 Å². The van der Waals surface area contributed by atoms with Crippen molar-refractivity contribution in [2.24, 2.45) is 5.92 Å². The van der Waals surface area contributed by atoms with Crippen LogP contribution in [0.15, 0.2) is 0 Å². The van der Waals surface area contributed by atoms with E-state index < -0.39 is 5.60 Å². The lowest BCUT2D eigenvalue weighted by molar-refractivity contribution is -0.134. The van der Waals surface area contributed by atoms with E-state index in [1.165, 1.54) is 0 Å². The van der Waals surface area contributed by atoms with E-state index in [0.29, 0.717) is 12.3 Å². The van der Waals surface area contributed by atoms with Gasteiger partial charge >= 0.3 is 0 Å². The Morgan fingerprint density at radius 2 is 1.92 bits per heavy atom. The monoisotopic (exact) mass is 172 g/mol. The molecule has 0 radical (unpaired) electrons. The fraction of sp³-hybridized carbons (Fsp3) is 0.900. The van der Waals surface area contributed by atoms with Crippen molar-refractivity contribution in [1.29, 1.82) is 0 Å². The van der Waals surface area contributed by atoms with Crippen molar-refractivity contribution in [2.75, 3.05) is 0 Å². The second-order valence-electron chi connectivity index (χ2n) is 4.27. The van der Waals surface area contributed by atoms with Crippen LogP contribution in [0, 0.1) is 5.92 Å². The summed E-state index contributed by atoms with van der Waals surface area (Å²) in [5.41, 5.74) is -1.14. The highest BCUT2D eigenvalue weighted by atomic mass is 16.3. The van der Waals surface area contributed by atoms with Crippen LogP contribution < -0.4 is 0 Å². The zero-order valence-electron chi connectivity index (χ0n) is 8.55. The molecule has 0 fully saturated rings. The number of aliphatic hydroxyl groups is 1. The molecule has 0 aliphatic carbocycles. The van der Waals surface area contributed by atoms with E-state index in [4.69, 9.17) is 0 Å². The maximum atomic E-state index is 11.2. The Morgan fingerprint density at radius 1 is 1.42 bits per heavy atom. The smallest absolute Gasteiger partial charge is 0.163 e. The van der Waals surface area contributed by atoms with Gasteiger partial charge in [-0.15, -0.1) is 0 Å². The highest BCUT2D eigenvalue weighted by Crippen LogP contribution is 2.12. The number of carbonyl (C=O) groups is 1. The number of ketones is 1. The first-order valence-corrected chi connectivity index (χ1v) is 4.59. The second kappa shape index (κ2) is 4.61. The van der Waals surface area contributed by atoms with E-state index in [9.17, 15) is 9.90 Å². The molecule has 0 aromatic rings. The van der Waals surface area contributed by atoms with E-state index >= 15 is 0 Å². The van der Waals surface area contributed by atoms with Crippen molar-refractivity contribution < 1.29 is 9.90 Å². The Balaban J connectivity index is 3.59. The van der Waals surface area contributed by atoms with Crippen LogP contribution in [0.4, 0.5) is 0 Å². The largest absolute Gasteiger partial charge is 0.383 e. The lowest BCUT2D eigenvalue weighted by Gasteiger charge is -2.15. The van der Waals surface area contributed by atoms with E-state index in [2.05, 4.69) is 13.8 Å². The first kappa shape index (κ1) is 11.6. The quantitative estimate of drug-likeness (QED) is 0.690. The molecule has 0 aliphatic rings. The molecule has 2 nitrogen and oxygen atoms in total. The molecule has 0 saturated carbocycles. The molecule has 0 heterocycles. The predicted octanol–water partition coefficient (Wildman–Crippen LogP) is 2.15. The predicted molar refractivity (Wildman–Crippen MR) is 50.0 cm³/mol. The van der Waals surface area contributed by atoms with Crippen molar-refractivity contribution in [3.05, 3.63) is 0 Å². The Labute approximate surface area is 75.0 Å². The molecule has 72 valence electrons. The van der Waals surface area contributed by atoms with Crippen LogP contribution in [0.25, 0.3) is 0 Å². The maximum absolute atomic E-state index is 11.2. The maximum Gasteiger partial charge on any atom is 0.163 e. The summed E-state index contributed by atoms with van der Waals surface area (Å²) in [7, 11) is 0. The van der Waals surface area contributed by atoms with Gasteiger partial charge in [-0.05, 0) is 26.2 Å². The molecule has 0 amide bonds. The lowest BCUT2D eigenvalue weighted by atomic mass is 9.97. The zero-order valence-corrected chi connectivity index (χ0v) is 8.55. The third kappa shape index (κ3) is 5.30. The third-order valence-electron chi connectivity index (χ3n) is 1.87. The van der Waals surface area contributed by atoms with Gasteiger partial charge in [-0.3, -0.25) is 4.79 Å². The first-order chi connectivity index (χ1) is 5.34. The van der Waals surface area contributed by atoms with Crippen LogP contribution in [-0.4, -0.2) is 16.5 Å². The summed E-state index contributed by atoms with van der Waals surface area (Å²) in [5.74, 6) is 0.586. The average Bonchev–Trinajstić information content (AvgIpc) is 1.84. The highest BCUT2D eigenvalue weighted by molar-refractivity contribution is 5.86. The van der Waals surface area contributed by atoms with Gasteiger partial charge in [0.05, 0.1) is 0 Å². The zero-order chi connectivity index (χ0) is 9.78. The fourth-order valence-electron chi connectivity index (χ4n) is 0.977. The third-order valence-corrected chi connectivity index (χ3v) is 1.87. The summed E-state index contributed by atoms with van der Waals surface area (Å²) in [5, 5.41) is 9.30. The number of hydrogen-bond donors (Lipinski definition) is 1. The molecular weight excluding hydrogens is 152 g/mol. The molecule has 0 rings (SSSR count). The molecule has 2 heteroatoms. The Kier molecular flexibility index (Phi) is 4.46. The molecule has 0 aromatic heterocycles. The first-order valence-electron chi connectivity index (χ1n) is 4.59. The number of Topliss-reactive ketones (excluding diaryl/α,β-unsaturated/α-hetero) is 1. The summed E-state index contributed by atoms with van der Waals surface area (Å²) in [6, 6.07) is 0. The van der Waals surface area contributed by atoms with Crippen molar-refractivity contribution in [1.82, 2.24) is 0 Å². The second-order valence-corrected chi connectivity index (χ2v) is 4.27. The van der Waals surface area contributed by atoms with E-state index in [0.717, 1.165) is 12.8 Å². The highest BCUT2D eigenvalue weighted by Gasteiger charge is 2.22. The van der Waals surface area contributed by atoms with E-state index in [1.54, 1.807) is 13.8 Å². The molecule has 0 atom stereocenters. The molecular formula is C10H20O2. The van der Waals surface area contributed by atoms with Crippen LogP contribution in [0.5, 0.6) is 0 Å². The van der Waals surface area contributed by atoms with Gasteiger partial charge in [-0.1, -0.05) is 20.3 Å². The number of carbonyl (C=O) groups excluding carboxylic acids is 1. The summed E-state index contributed by atoms with van der Waals surface area (Å²) >= 11 is 0. The molecule has 0 spiro atoms. The van der Waals surface area contributed by atoms with Gasteiger partial charge in [-0.25, -0.2) is 0 Å². The Morgan fingerprint density at radius 3 is 2.25 bits per heavy atom. The SMILES string of the molecule is CC(C)CCCC(=O)C(C)(C)O. The van der Waals surface area contributed by atoms with Crippen molar-refractivity contribution in [2.45, 2.75) is 52.6 Å². The lowest BCUT2D eigenvalue weighted by Crippen LogP contribution is -2.30. The minimum absolute atomic E-state index is 0.0526. The summed E-state index contributed by atoms with van der Waals surface area (Å²) in [6.45, 7) is 7.36. The van der Waals surface area contributed by atoms with Gasteiger partial charge < -0.3 is 5.11 Å². The van der Waals surface area contributed by atoms with Crippen LogP contribution in [0.1, 0.15) is 47.0 Å². The Bertz CT molecular complexity index is 142. The van der Waals surface area contributed by atoms with Crippen molar-refractivity contribution in [3.63, 3.8) is 0 Å². The summed E-state index contributed by atoms with van der Waals surface area (Å²) < 4.78 is 0. The van der Waals surface area contributed by atoms with Gasteiger partial charge in [0.1, 0.15) is 5.60 Å². The number of hydrogen-bond acceptors (Lipinski definition) is 2.